The number of ether oxygens (including phenoxy) is 1. The van der Waals surface area contributed by atoms with E-state index in [2.05, 4.69) is 25.7 Å². The SMILES string of the molecule is C=C(Cl)COc1ccc(Cl)cc1CNC(C)C. The normalized spacial score (nSPS) is 10.6. The predicted octanol–water partition coefficient (Wildman–Crippen LogP) is 3.97. The summed E-state index contributed by atoms with van der Waals surface area (Å²) in [6, 6.07) is 5.94. The molecule has 0 atom stereocenters. The molecule has 0 amide bonds. The van der Waals surface area contributed by atoms with Gasteiger partial charge in [-0.25, -0.2) is 0 Å². The summed E-state index contributed by atoms with van der Waals surface area (Å²) in [7, 11) is 0. The standard InChI is InChI=1S/C13H17Cl2NO/c1-9(2)16-7-11-6-12(15)4-5-13(11)17-8-10(3)14/h4-6,9,16H,3,7-8H2,1-2H3. The van der Waals surface area contributed by atoms with E-state index in [9.17, 15) is 0 Å². The van der Waals surface area contributed by atoms with Crippen molar-refractivity contribution in [3.8, 4) is 5.75 Å². The third-order valence-corrected chi connectivity index (χ3v) is 2.45. The van der Waals surface area contributed by atoms with Gasteiger partial charge in [0, 0.05) is 28.2 Å². The average Bonchev–Trinajstić information content (AvgIpc) is 2.24. The predicted molar refractivity (Wildman–Crippen MR) is 73.9 cm³/mol. The molecule has 1 aromatic carbocycles. The summed E-state index contributed by atoms with van der Waals surface area (Å²) in [5, 5.41) is 4.49. The molecular formula is C13H17Cl2NO. The van der Waals surface area contributed by atoms with Crippen LogP contribution in [-0.4, -0.2) is 12.6 Å². The van der Waals surface area contributed by atoms with E-state index in [1.165, 1.54) is 0 Å². The van der Waals surface area contributed by atoms with Crippen molar-refractivity contribution in [2.24, 2.45) is 0 Å². The van der Waals surface area contributed by atoms with E-state index in [1.54, 1.807) is 6.07 Å². The monoisotopic (exact) mass is 273 g/mol. The van der Waals surface area contributed by atoms with Crippen LogP contribution < -0.4 is 10.1 Å². The van der Waals surface area contributed by atoms with Gasteiger partial charge in [0.05, 0.1) is 0 Å². The van der Waals surface area contributed by atoms with Crippen molar-refractivity contribution in [3.63, 3.8) is 0 Å². The Hall–Kier alpha value is -0.700. The first-order valence-corrected chi connectivity index (χ1v) is 6.22. The maximum absolute atomic E-state index is 5.97. The van der Waals surface area contributed by atoms with Crippen LogP contribution in [0.1, 0.15) is 19.4 Å². The number of benzene rings is 1. The molecule has 0 unspecified atom stereocenters. The average molecular weight is 274 g/mol. The van der Waals surface area contributed by atoms with Gasteiger partial charge in [0.15, 0.2) is 0 Å². The van der Waals surface area contributed by atoms with E-state index in [1.807, 2.05) is 12.1 Å². The first-order valence-electron chi connectivity index (χ1n) is 5.47. The Morgan fingerprint density at radius 2 is 2.18 bits per heavy atom. The Balaban J connectivity index is 2.76. The molecule has 0 aliphatic carbocycles. The summed E-state index contributed by atoms with van der Waals surface area (Å²) >= 11 is 11.6. The van der Waals surface area contributed by atoms with E-state index < -0.39 is 0 Å². The van der Waals surface area contributed by atoms with Crippen molar-refractivity contribution in [2.45, 2.75) is 26.4 Å². The molecule has 0 radical (unpaired) electrons. The highest BCUT2D eigenvalue weighted by Gasteiger charge is 2.06. The Bertz CT molecular complexity index is 391. The van der Waals surface area contributed by atoms with Gasteiger partial charge in [-0.05, 0) is 18.2 Å². The molecule has 0 bridgehead atoms. The highest BCUT2D eigenvalue weighted by atomic mass is 35.5. The summed E-state index contributed by atoms with van der Waals surface area (Å²) in [6.45, 7) is 8.78. The zero-order chi connectivity index (χ0) is 12.8. The number of halogens is 2. The number of hydrogen-bond acceptors (Lipinski definition) is 2. The van der Waals surface area contributed by atoms with Crippen molar-refractivity contribution in [2.75, 3.05) is 6.61 Å². The van der Waals surface area contributed by atoms with Gasteiger partial charge in [0.25, 0.3) is 0 Å². The maximum atomic E-state index is 5.97. The van der Waals surface area contributed by atoms with E-state index in [4.69, 9.17) is 27.9 Å². The van der Waals surface area contributed by atoms with Gasteiger partial charge >= 0.3 is 0 Å². The molecule has 2 nitrogen and oxygen atoms in total. The van der Waals surface area contributed by atoms with Gasteiger partial charge in [-0.1, -0.05) is 43.6 Å². The molecule has 94 valence electrons. The lowest BCUT2D eigenvalue weighted by Gasteiger charge is -2.13. The van der Waals surface area contributed by atoms with Crippen LogP contribution in [0.25, 0.3) is 0 Å². The highest BCUT2D eigenvalue weighted by Crippen LogP contribution is 2.23. The highest BCUT2D eigenvalue weighted by molar-refractivity contribution is 6.30. The molecule has 4 heteroatoms. The Labute approximate surface area is 113 Å². The fourth-order valence-corrected chi connectivity index (χ4v) is 1.55. The molecule has 0 aliphatic rings. The number of hydrogen-bond donors (Lipinski definition) is 1. The maximum Gasteiger partial charge on any atom is 0.124 e. The summed E-state index contributed by atoms with van der Waals surface area (Å²) in [4.78, 5) is 0. The summed E-state index contributed by atoms with van der Waals surface area (Å²) in [6.07, 6.45) is 0. The van der Waals surface area contributed by atoms with E-state index in [-0.39, 0.29) is 0 Å². The minimum absolute atomic E-state index is 0.303. The number of rotatable bonds is 6. The van der Waals surface area contributed by atoms with E-state index in [0.717, 1.165) is 11.3 Å². The van der Waals surface area contributed by atoms with Gasteiger partial charge in [0.2, 0.25) is 0 Å². The zero-order valence-corrected chi connectivity index (χ0v) is 11.6. The zero-order valence-electron chi connectivity index (χ0n) is 10.1. The second kappa shape index (κ2) is 6.90. The fraction of sp³-hybridized carbons (Fsp3) is 0.385. The van der Waals surface area contributed by atoms with Crippen LogP contribution in [0.3, 0.4) is 0 Å². The van der Waals surface area contributed by atoms with Gasteiger partial charge < -0.3 is 10.1 Å². The second-order valence-corrected chi connectivity index (χ2v) is 5.06. The fourth-order valence-electron chi connectivity index (χ4n) is 1.30. The van der Waals surface area contributed by atoms with Crippen LogP contribution in [0.5, 0.6) is 5.75 Å². The van der Waals surface area contributed by atoms with Crippen molar-refractivity contribution in [1.82, 2.24) is 5.32 Å². The van der Waals surface area contributed by atoms with Crippen LogP contribution >= 0.6 is 23.2 Å². The molecule has 0 heterocycles. The summed E-state index contributed by atoms with van der Waals surface area (Å²) in [5.41, 5.74) is 1.02. The molecule has 0 fully saturated rings. The lowest BCUT2D eigenvalue weighted by molar-refractivity contribution is 0.353. The first kappa shape index (κ1) is 14.4. The molecule has 0 saturated carbocycles. The minimum atomic E-state index is 0.303. The largest absolute Gasteiger partial charge is 0.488 e. The quantitative estimate of drug-likeness (QED) is 0.847. The molecule has 0 spiro atoms. The molecule has 0 aliphatic heterocycles. The van der Waals surface area contributed by atoms with Gasteiger partial charge in [-0.3, -0.25) is 0 Å². The Kier molecular flexibility index (Phi) is 5.83. The van der Waals surface area contributed by atoms with E-state index >= 15 is 0 Å². The van der Waals surface area contributed by atoms with Crippen molar-refractivity contribution >= 4 is 23.2 Å². The first-order chi connectivity index (χ1) is 7.99. The minimum Gasteiger partial charge on any atom is -0.488 e. The Morgan fingerprint density at radius 1 is 1.47 bits per heavy atom. The lowest BCUT2D eigenvalue weighted by Crippen LogP contribution is -2.22. The summed E-state index contributed by atoms with van der Waals surface area (Å²) < 4.78 is 5.56. The third kappa shape index (κ3) is 5.44. The van der Waals surface area contributed by atoms with Crippen molar-refractivity contribution in [1.29, 1.82) is 0 Å². The molecule has 1 N–H and O–H groups in total. The Morgan fingerprint density at radius 3 is 2.76 bits per heavy atom. The van der Waals surface area contributed by atoms with E-state index in [0.29, 0.717) is 29.2 Å². The van der Waals surface area contributed by atoms with Gasteiger partial charge in [-0.2, -0.15) is 0 Å². The summed E-state index contributed by atoms with van der Waals surface area (Å²) in [5.74, 6) is 0.782. The molecule has 1 aromatic rings. The molecule has 0 saturated heterocycles. The molecular weight excluding hydrogens is 257 g/mol. The van der Waals surface area contributed by atoms with Crippen LogP contribution in [0, 0.1) is 0 Å². The smallest absolute Gasteiger partial charge is 0.124 e. The molecule has 0 aromatic heterocycles. The van der Waals surface area contributed by atoms with Gasteiger partial charge in [0.1, 0.15) is 12.4 Å². The van der Waals surface area contributed by atoms with Crippen LogP contribution in [0.2, 0.25) is 5.02 Å². The topological polar surface area (TPSA) is 21.3 Å². The lowest BCUT2D eigenvalue weighted by atomic mass is 10.2. The van der Waals surface area contributed by atoms with Crippen molar-refractivity contribution in [3.05, 3.63) is 40.4 Å². The van der Waals surface area contributed by atoms with Crippen molar-refractivity contribution < 1.29 is 4.74 Å². The van der Waals surface area contributed by atoms with Gasteiger partial charge in [-0.15, -0.1) is 0 Å². The molecule has 1 rings (SSSR count). The van der Waals surface area contributed by atoms with Crippen LogP contribution in [0.4, 0.5) is 0 Å². The van der Waals surface area contributed by atoms with Crippen LogP contribution in [0.15, 0.2) is 29.8 Å². The van der Waals surface area contributed by atoms with Crippen LogP contribution in [-0.2, 0) is 6.54 Å². The second-order valence-electron chi connectivity index (χ2n) is 4.09. The molecule has 17 heavy (non-hydrogen) atoms. The third-order valence-electron chi connectivity index (χ3n) is 2.11. The number of nitrogens with one attached hydrogen (secondary N) is 1.